The smallest absolute Gasteiger partial charge is 0.419 e. The molecule has 2 aliphatic rings. The summed E-state index contributed by atoms with van der Waals surface area (Å²) in [5, 5.41) is 0. The maximum absolute atomic E-state index is 10.9. The van der Waals surface area contributed by atoms with Gasteiger partial charge in [0.05, 0.1) is 0 Å². The molecule has 1 saturated heterocycles. The van der Waals surface area contributed by atoms with Crippen LogP contribution in [-0.2, 0) is 19.1 Å². The number of rotatable bonds is 0. The van der Waals surface area contributed by atoms with Crippen molar-refractivity contribution in [2.75, 3.05) is 0 Å². The van der Waals surface area contributed by atoms with E-state index < -0.39 is 16.9 Å². The number of thiol groups is 1. The van der Waals surface area contributed by atoms with Crippen LogP contribution in [0.2, 0.25) is 0 Å². The van der Waals surface area contributed by atoms with Crippen molar-refractivity contribution < 1.29 is 19.1 Å². The Labute approximate surface area is 81.0 Å². The Hall–Kier alpha value is -0.710. The quantitative estimate of drug-likeness (QED) is 0.356. The lowest BCUT2D eigenvalue weighted by Gasteiger charge is -2.41. The predicted octanol–water partition coefficient (Wildman–Crippen LogP) is 0.655. The zero-order chi connectivity index (χ0) is 9.47. The number of ether oxygens (including phenoxy) is 2. The van der Waals surface area contributed by atoms with Crippen molar-refractivity contribution in [1.82, 2.24) is 0 Å². The van der Waals surface area contributed by atoms with E-state index >= 15 is 0 Å². The molecule has 0 aromatic carbocycles. The molecule has 0 N–H and O–H groups in total. The summed E-state index contributed by atoms with van der Waals surface area (Å²) < 4.78 is 9.86. The van der Waals surface area contributed by atoms with Gasteiger partial charge in [0.25, 0.3) is 0 Å². The lowest BCUT2D eigenvalue weighted by molar-refractivity contribution is -0.203. The molecular weight excluding hydrogens is 192 g/mol. The molecule has 0 spiro atoms. The van der Waals surface area contributed by atoms with Crippen LogP contribution >= 0.6 is 12.6 Å². The highest BCUT2D eigenvalue weighted by molar-refractivity contribution is 7.81. The normalized spacial score (nSPS) is 39.0. The molecule has 2 rings (SSSR count). The van der Waals surface area contributed by atoms with Crippen molar-refractivity contribution in [1.29, 1.82) is 0 Å². The van der Waals surface area contributed by atoms with Gasteiger partial charge in [-0.2, -0.15) is 0 Å². The van der Waals surface area contributed by atoms with E-state index in [1.54, 1.807) is 0 Å². The summed E-state index contributed by atoms with van der Waals surface area (Å²) in [7, 11) is 0. The molecular formula is C8H10O4S. The van der Waals surface area contributed by atoms with E-state index in [-0.39, 0.29) is 6.10 Å². The van der Waals surface area contributed by atoms with Crippen LogP contribution in [0.4, 0.5) is 0 Å². The fraction of sp³-hybridized carbons (Fsp3) is 0.750. The first kappa shape index (κ1) is 8.87. The van der Waals surface area contributed by atoms with Gasteiger partial charge < -0.3 is 9.47 Å². The van der Waals surface area contributed by atoms with Crippen LogP contribution in [0.15, 0.2) is 0 Å². The molecule has 2 atom stereocenters. The van der Waals surface area contributed by atoms with E-state index in [1.165, 1.54) is 0 Å². The van der Waals surface area contributed by atoms with Crippen molar-refractivity contribution >= 4 is 24.6 Å². The Kier molecular flexibility index (Phi) is 1.98. The first-order valence-electron chi connectivity index (χ1n) is 4.28. The molecule has 2 unspecified atom stereocenters. The standard InChI is InChI=1S/C8H10O4S/c9-6-7(10)12-8(13)4-2-1-3-5(8)11-6/h5,13H,1-4H2. The lowest BCUT2D eigenvalue weighted by Crippen LogP contribution is -2.52. The number of carbonyl (C=O) groups is 2. The van der Waals surface area contributed by atoms with Gasteiger partial charge in [-0.3, -0.25) is 0 Å². The zero-order valence-corrected chi connectivity index (χ0v) is 7.88. The molecule has 0 aromatic heterocycles. The summed E-state index contributed by atoms with van der Waals surface area (Å²) in [6.45, 7) is 0. The summed E-state index contributed by atoms with van der Waals surface area (Å²) in [6, 6.07) is 0. The van der Waals surface area contributed by atoms with Crippen molar-refractivity contribution in [2.24, 2.45) is 0 Å². The van der Waals surface area contributed by atoms with Crippen LogP contribution < -0.4 is 0 Å². The highest BCUT2D eigenvalue weighted by Crippen LogP contribution is 2.39. The van der Waals surface area contributed by atoms with Crippen molar-refractivity contribution in [3.63, 3.8) is 0 Å². The molecule has 13 heavy (non-hydrogen) atoms. The van der Waals surface area contributed by atoms with E-state index in [9.17, 15) is 9.59 Å². The average molecular weight is 202 g/mol. The third-order valence-corrected chi connectivity index (χ3v) is 3.04. The summed E-state index contributed by atoms with van der Waals surface area (Å²) >= 11 is 4.26. The fourth-order valence-corrected chi connectivity index (χ4v) is 2.16. The summed E-state index contributed by atoms with van der Waals surface area (Å²) in [5.41, 5.74) is 0. The second-order valence-corrected chi connectivity index (χ2v) is 4.13. The van der Waals surface area contributed by atoms with Gasteiger partial charge >= 0.3 is 11.9 Å². The van der Waals surface area contributed by atoms with Crippen molar-refractivity contribution in [2.45, 2.75) is 36.7 Å². The Morgan fingerprint density at radius 3 is 2.85 bits per heavy atom. The minimum absolute atomic E-state index is 0.366. The van der Waals surface area contributed by atoms with Gasteiger partial charge in [-0.05, 0) is 19.3 Å². The van der Waals surface area contributed by atoms with Gasteiger partial charge in [0, 0.05) is 6.42 Å². The number of hydrogen-bond acceptors (Lipinski definition) is 5. The predicted molar refractivity (Wildman–Crippen MR) is 46.2 cm³/mol. The Balaban J connectivity index is 2.19. The number of esters is 2. The van der Waals surface area contributed by atoms with Crippen LogP contribution in [0.1, 0.15) is 25.7 Å². The number of fused-ring (bicyclic) bond motifs is 1. The molecule has 1 aliphatic heterocycles. The van der Waals surface area contributed by atoms with E-state index in [2.05, 4.69) is 12.6 Å². The minimum Gasteiger partial charge on any atom is -0.449 e. The lowest BCUT2D eigenvalue weighted by atomic mass is 9.93. The van der Waals surface area contributed by atoms with E-state index in [0.717, 1.165) is 19.3 Å². The highest BCUT2D eigenvalue weighted by Gasteiger charge is 2.49. The monoisotopic (exact) mass is 202 g/mol. The molecule has 0 bridgehead atoms. The Morgan fingerprint density at radius 1 is 1.31 bits per heavy atom. The van der Waals surface area contributed by atoms with Gasteiger partial charge in [-0.25, -0.2) is 9.59 Å². The molecule has 1 aliphatic carbocycles. The maximum atomic E-state index is 10.9. The van der Waals surface area contributed by atoms with Crippen LogP contribution in [0, 0.1) is 0 Å². The van der Waals surface area contributed by atoms with Crippen molar-refractivity contribution in [3.05, 3.63) is 0 Å². The van der Waals surface area contributed by atoms with Gasteiger partial charge in [-0.15, -0.1) is 12.6 Å². The Bertz CT molecular complexity index is 265. The van der Waals surface area contributed by atoms with E-state index in [1.807, 2.05) is 0 Å². The third-order valence-electron chi connectivity index (χ3n) is 2.44. The molecule has 5 heteroatoms. The Morgan fingerprint density at radius 2 is 2.08 bits per heavy atom. The van der Waals surface area contributed by atoms with Gasteiger partial charge in [0.15, 0.2) is 11.0 Å². The first-order chi connectivity index (χ1) is 6.12. The fourth-order valence-electron chi connectivity index (χ4n) is 1.74. The second-order valence-electron chi connectivity index (χ2n) is 3.37. The second kappa shape index (κ2) is 2.90. The summed E-state index contributed by atoms with van der Waals surface area (Å²) in [6.07, 6.45) is 2.94. The number of carbonyl (C=O) groups excluding carboxylic acids is 2. The topological polar surface area (TPSA) is 52.6 Å². The van der Waals surface area contributed by atoms with E-state index in [0.29, 0.717) is 6.42 Å². The molecule has 0 aromatic rings. The van der Waals surface area contributed by atoms with Gasteiger partial charge in [-0.1, -0.05) is 0 Å². The van der Waals surface area contributed by atoms with Crippen LogP contribution in [0.5, 0.6) is 0 Å². The number of hydrogen-bond donors (Lipinski definition) is 1. The minimum atomic E-state index is -0.923. The zero-order valence-electron chi connectivity index (χ0n) is 6.99. The maximum Gasteiger partial charge on any atom is 0.419 e. The van der Waals surface area contributed by atoms with Crippen LogP contribution in [0.25, 0.3) is 0 Å². The molecule has 2 fully saturated rings. The summed E-state index contributed by atoms with van der Waals surface area (Å²) in [4.78, 5) is 20.9. The molecule has 0 radical (unpaired) electrons. The molecule has 72 valence electrons. The van der Waals surface area contributed by atoms with Crippen LogP contribution in [-0.4, -0.2) is 23.0 Å². The van der Waals surface area contributed by atoms with E-state index in [4.69, 9.17) is 9.47 Å². The van der Waals surface area contributed by atoms with Crippen LogP contribution in [0.3, 0.4) is 0 Å². The third kappa shape index (κ3) is 1.41. The first-order valence-corrected chi connectivity index (χ1v) is 4.73. The molecule has 0 amide bonds. The molecule has 1 saturated carbocycles. The van der Waals surface area contributed by atoms with Crippen molar-refractivity contribution in [3.8, 4) is 0 Å². The highest BCUT2D eigenvalue weighted by atomic mass is 32.1. The average Bonchev–Trinajstić information content (AvgIpc) is 2.07. The molecule has 4 nitrogen and oxygen atoms in total. The molecule has 1 heterocycles. The largest absolute Gasteiger partial charge is 0.449 e. The summed E-state index contributed by atoms with van der Waals surface area (Å²) in [5.74, 6) is -1.82. The SMILES string of the molecule is O=C1OC2CCCCC2(S)OC1=O. The van der Waals surface area contributed by atoms with Gasteiger partial charge in [0.1, 0.15) is 0 Å². The van der Waals surface area contributed by atoms with Gasteiger partial charge in [0.2, 0.25) is 0 Å².